The fraction of sp³-hybridized carbons (Fsp3) is 0.533. The molecule has 106 valence electrons. The van der Waals surface area contributed by atoms with E-state index in [2.05, 4.69) is 37.9 Å². The van der Waals surface area contributed by atoms with Crippen LogP contribution < -0.4 is 5.32 Å². The van der Waals surface area contributed by atoms with Gasteiger partial charge < -0.3 is 5.32 Å². The first-order chi connectivity index (χ1) is 8.91. The van der Waals surface area contributed by atoms with Gasteiger partial charge in [-0.1, -0.05) is 17.7 Å². The molecule has 1 aromatic carbocycles. The van der Waals surface area contributed by atoms with Crippen LogP contribution in [0.4, 0.5) is 0 Å². The molecule has 0 fully saturated rings. The number of nitrogens with zero attached hydrogens (tertiary/aromatic N) is 1. The molecule has 0 bridgehead atoms. The maximum absolute atomic E-state index is 11.9. The first-order valence-corrected chi connectivity index (χ1v) is 7.09. The van der Waals surface area contributed by atoms with Gasteiger partial charge in [-0.05, 0) is 45.9 Å². The predicted octanol–water partition coefficient (Wildman–Crippen LogP) is 3.19. The van der Waals surface area contributed by atoms with Crippen LogP contribution >= 0.6 is 11.6 Å². The fourth-order valence-electron chi connectivity index (χ4n) is 2.14. The third kappa shape index (κ3) is 5.21. The Morgan fingerprint density at radius 2 is 1.89 bits per heavy atom. The molecule has 0 heterocycles. The van der Waals surface area contributed by atoms with Crippen LogP contribution in [0.5, 0.6) is 0 Å². The van der Waals surface area contributed by atoms with Crippen LogP contribution in [0.2, 0.25) is 5.02 Å². The highest BCUT2D eigenvalue weighted by atomic mass is 35.5. The van der Waals surface area contributed by atoms with Crippen molar-refractivity contribution in [2.75, 3.05) is 13.1 Å². The molecule has 0 saturated heterocycles. The van der Waals surface area contributed by atoms with E-state index in [1.165, 1.54) is 0 Å². The molecular weight excluding hydrogens is 260 g/mol. The number of hydrogen-bond acceptors (Lipinski definition) is 2. The molecule has 0 spiro atoms. The lowest BCUT2D eigenvalue weighted by atomic mass is 10.2. The lowest BCUT2D eigenvalue weighted by molar-refractivity contribution is 0.0939. The van der Waals surface area contributed by atoms with Crippen LogP contribution in [0.1, 0.15) is 38.1 Å². The van der Waals surface area contributed by atoms with Crippen molar-refractivity contribution in [3.8, 4) is 0 Å². The summed E-state index contributed by atoms with van der Waals surface area (Å²) in [6.45, 7) is 10.2. The smallest absolute Gasteiger partial charge is 0.251 e. The molecule has 4 heteroatoms. The van der Waals surface area contributed by atoms with Crippen molar-refractivity contribution in [2.24, 2.45) is 0 Å². The highest BCUT2D eigenvalue weighted by Crippen LogP contribution is 2.10. The number of carbonyl (C=O) groups is 1. The summed E-state index contributed by atoms with van der Waals surface area (Å²) in [5.74, 6) is -0.0741. The normalized spacial score (nSPS) is 11.4. The van der Waals surface area contributed by atoms with Gasteiger partial charge >= 0.3 is 0 Å². The van der Waals surface area contributed by atoms with Crippen molar-refractivity contribution in [3.63, 3.8) is 0 Å². The minimum atomic E-state index is -0.0741. The third-order valence-corrected chi connectivity index (χ3v) is 3.30. The Balaban J connectivity index is 2.47. The molecular formula is C15H23ClN2O. The molecule has 1 rings (SSSR count). The zero-order valence-corrected chi connectivity index (χ0v) is 12.9. The lowest BCUT2D eigenvalue weighted by Crippen LogP contribution is -2.42. The average Bonchev–Trinajstić information content (AvgIpc) is 2.33. The summed E-state index contributed by atoms with van der Waals surface area (Å²) < 4.78 is 0. The van der Waals surface area contributed by atoms with Crippen LogP contribution in [-0.4, -0.2) is 36.0 Å². The van der Waals surface area contributed by atoms with Crippen LogP contribution in [0.3, 0.4) is 0 Å². The van der Waals surface area contributed by atoms with Crippen LogP contribution in [0, 0.1) is 0 Å². The Hall–Kier alpha value is -1.06. The van der Waals surface area contributed by atoms with E-state index < -0.39 is 0 Å². The highest BCUT2D eigenvalue weighted by Gasteiger charge is 2.13. The summed E-state index contributed by atoms with van der Waals surface area (Å²) in [4.78, 5) is 14.3. The number of nitrogens with one attached hydrogen (secondary N) is 1. The van der Waals surface area contributed by atoms with Gasteiger partial charge in [0.1, 0.15) is 0 Å². The second kappa shape index (κ2) is 7.51. The summed E-state index contributed by atoms with van der Waals surface area (Å²) in [7, 11) is 0. The molecule has 0 saturated carbocycles. The van der Waals surface area contributed by atoms with Gasteiger partial charge in [0.15, 0.2) is 0 Å². The van der Waals surface area contributed by atoms with Gasteiger partial charge in [0.25, 0.3) is 5.91 Å². The Labute approximate surface area is 120 Å². The van der Waals surface area contributed by atoms with Gasteiger partial charge in [-0.2, -0.15) is 0 Å². The van der Waals surface area contributed by atoms with E-state index in [4.69, 9.17) is 11.6 Å². The van der Waals surface area contributed by atoms with Crippen LogP contribution in [0.25, 0.3) is 0 Å². The fourth-order valence-corrected chi connectivity index (χ4v) is 2.33. The van der Waals surface area contributed by atoms with E-state index in [0.29, 0.717) is 29.2 Å². The van der Waals surface area contributed by atoms with Crippen molar-refractivity contribution >= 4 is 17.5 Å². The first-order valence-electron chi connectivity index (χ1n) is 6.71. The lowest BCUT2D eigenvalue weighted by Gasteiger charge is -2.30. The van der Waals surface area contributed by atoms with Crippen molar-refractivity contribution in [1.29, 1.82) is 0 Å². The molecule has 0 atom stereocenters. The molecule has 1 aromatic rings. The summed E-state index contributed by atoms with van der Waals surface area (Å²) in [5.41, 5.74) is 0.605. The van der Waals surface area contributed by atoms with E-state index in [1.54, 1.807) is 24.3 Å². The van der Waals surface area contributed by atoms with E-state index in [9.17, 15) is 4.79 Å². The van der Waals surface area contributed by atoms with Crippen molar-refractivity contribution in [3.05, 3.63) is 34.9 Å². The van der Waals surface area contributed by atoms with E-state index in [-0.39, 0.29) is 5.91 Å². The molecule has 0 aliphatic rings. The minimum absolute atomic E-state index is 0.0741. The maximum atomic E-state index is 11.9. The largest absolute Gasteiger partial charge is 0.351 e. The number of hydrogen-bond donors (Lipinski definition) is 1. The topological polar surface area (TPSA) is 32.3 Å². The molecule has 3 nitrogen and oxygen atoms in total. The second-order valence-electron chi connectivity index (χ2n) is 5.19. The summed E-state index contributed by atoms with van der Waals surface area (Å²) >= 11 is 5.87. The second-order valence-corrected chi connectivity index (χ2v) is 5.63. The number of benzene rings is 1. The summed E-state index contributed by atoms with van der Waals surface area (Å²) in [6, 6.07) is 7.94. The molecule has 0 aliphatic heterocycles. The standard InChI is InChI=1S/C15H23ClN2O/c1-11(2)18(12(3)4)9-8-17-15(19)13-6-5-7-14(16)10-13/h5-7,10-12H,8-9H2,1-4H3,(H,17,19). The monoisotopic (exact) mass is 282 g/mol. The Morgan fingerprint density at radius 1 is 1.26 bits per heavy atom. The molecule has 0 radical (unpaired) electrons. The predicted molar refractivity (Wildman–Crippen MR) is 80.8 cm³/mol. The highest BCUT2D eigenvalue weighted by molar-refractivity contribution is 6.30. The Morgan fingerprint density at radius 3 is 2.42 bits per heavy atom. The SMILES string of the molecule is CC(C)N(CCNC(=O)c1cccc(Cl)c1)C(C)C. The Bertz CT molecular complexity index is 410. The van der Waals surface area contributed by atoms with Crippen LogP contribution in [-0.2, 0) is 0 Å². The molecule has 1 amide bonds. The van der Waals surface area contributed by atoms with Gasteiger partial charge in [0.2, 0.25) is 0 Å². The Kier molecular flexibility index (Phi) is 6.32. The first kappa shape index (κ1) is 16.0. The number of rotatable bonds is 6. The van der Waals surface area contributed by atoms with Gasteiger partial charge in [-0.3, -0.25) is 9.69 Å². The maximum Gasteiger partial charge on any atom is 0.251 e. The van der Waals surface area contributed by atoms with Gasteiger partial charge in [-0.25, -0.2) is 0 Å². The van der Waals surface area contributed by atoms with Crippen molar-refractivity contribution in [2.45, 2.75) is 39.8 Å². The van der Waals surface area contributed by atoms with E-state index in [1.807, 2.05) is 0 Å². The summed E-state index contributed by atoms with van der Waals surface area (Å²) in [6.07, 6.45) is 0. The average molecular weight is 283 g/mol. The number of carbonyl (C=O) groups excluding carboxylic acids is 1. The quantitative estimate of drug-likeness (QED) is 0.869. The molecule has 0 aromatic heterocycles. The van der Waals surface area contributed by atoms with Crippen molar-refractivity contribution in [1.82, 2.24) is 10.2 Å². The minimum Gasteiger partial charge on any atom is -0.351 e. The summed E-state index contributed by atoms with van der Waals surface area (Å²) in [5, 5.41) is 3.51. The van der Waals surface area contributed by atoms with Gasteiger partial charge in [0.05, 0.1) is 0 Å². The van der Waals surface area contributed by atoms with Crippen molar-refractivity contribution < 1.29 is 4.79 Å². The van der Waals surface area contributed by atoms with E-state index >= 15 is 0 Å². The third-order valence-electron chi connectivity index (χ3n) is 3.07. The molecule has 0 unspecified atom stereocenters. The van der Waals surface area contributed by atoms with Gasteiger partial charge in [-0.15, -0.1) is 0 Å². The number of amides is 1. The van der Waals surface area contributed by atoms with Crippen LogP contribution in [0.15, 0.2) is 24.3 Å². The molecule has 0 aliphatic carbocycles. The molecule has 19 heavy (non-hydrogen) atoms. The van der Waals surface area contributed by atoms with E-state index in [0.717, 1.165) is 6.54 Å². The molecule has 1 N–H and O–H groups in total. The zero-order chi connectivity index (χ0) is 14.4. The van der Waals surface area contributed by atoms with Gasteiger partial charge in [0, 0.05) is 35.8 Å². The zero-order valence-electron chi connectivity index (χ0n) is 12.1. The number of halogens is 1.